The molecule has 0 saturated heterocycles. The van der Waals surface area contributed by atoms with E-state index in [4.69, 9.17) is 4.74 Å². The minimum atomic E-state index is -0.200. The van der Waals surface area contributed by atoms with E-state index in [-0.39, 0.29) is 12.1 Å². The predicted molar refractivity (Wildman–Crippen MR) is 103 cm³/mol. The van der Waals surface area contributed by atoms with Crippen LogP contribution in [0.3, 0.4) is 0 Å². The predicted octanol–water partition coefficient (Wildman–Crippen LogP) is 6.71. The number of carbonyl (C=O) groups excluding carboxylic acids is 1. The van der Waals surface area contributed by atoms with Crippen molar-refractivity contribution < 1.29 is 9.53 Å². The fourth-order valence-electron chi connectivity index (χ4n) is 2.77. The zero-order chi connectivity index (χ0) is 16.6. The maximum Gasteiger partial charge on any atom is 0.338 e. The summed E-state index contributed by atoms with van der Waals surface area (Å²) in [5, 5.41) is 0. The Morgan fingerprint density at radius 1 is 0.750 bits per heavy atom. The van der Waals surface area contributed by atoms with Crippen molar-refractivity contribution in [3.05, 3.63) is 35.9 Å². The molecule has 3 heteroatoms. The van der Waals surface area contributed by atoms with E-state index in [1.165, 1.54) is 70.6 Å². The van der Waals surface area contributed by atoms with Crippen molar-refractivity contribution in [1.82, 2.24) is 6.15 Å². The van der Waals surface area contributed by atoms with Gasteiger partial charge in [0, 0.05) is 0 Å². The van der Waals surface area contributed by atoms with Crippen LogP contribution in [0.5, 0.6) is 0 Å². The SMILES string of the molecule is CCCCCCCCCCCCCCOC(=O)c1ccccc1.N. The first-order valence-corrected chi connectivity index (χ1v) is 9.56. The van der Waals surface area contributed by atoms with Gasteiger partial charge in [-0.05, 0) is 18.6 Å². The number of hydrogen-bond donors (Lipinski definition) is 1. The zero-order valence-electron chi connectivity index (χ0n) is 15.6. The molecule has 0 aromatic heterocycles. The van der Waals surface area contributed by atoms with E-state index in [0.29, 0.717) is 12.2 Å². The van der Waals surface area contributed by atoms with Crippen LogP contribution < -0.4 is 6.15 Å². The standard InChI is InChI=1S/C21H34O2.H3N/c1-2-3-4-5-6-7-8-9-10-11-12-16-19-23-21(22)20-17-14-13-15-18-20;/h13-15,17-18H,2-12,16,19H2,1H3;1H3. The van der Waals surface area contributed by atoms with Crippen molar-refractivity contribution in [2.75, 3.05) is 6.61 Å². The molecule has 0 unspecified atom stereocenters. The molecule has 0 aliphatic carbocycles. The van der Waals surface area contributed by atoms with Gasteiger partial charge in [-0.1, -0.05) is 95.8 Å². The van der Waals surface area contributed by atoms with Crippen molar-refractivity contribution in [2.24, 2.45) is 0 Å². The minimum absolute atomic E-state index is 0. The molecular formula is C21H37NO2. The smallest absolute Gasteiger partial charge is 0.338 e. The van der Waals surface area contributed by atoms with E-state index in [2.05, 4.69) is 6.92 Å². The van der Waals surface area contributed by atoms with Gasteiger partial charge >= 0.3 is 5.97 Å². The average Bonchev–Trinajstić information content (AvgIpc) is 2.59. The van der Waals surface area contributed by atoms with E-state index < -0.39 is 0 Å². The highest BCUT2D eigenvalue weighted by molar-refractivity contribution is 5.89. The number of carbonyl (C=O) groups is 1. The highest BCUT2D eigenvalue weighted by atomic mass is 16.5. The molecule has 0 heterocycles. The Morgan fingerprint density at radius 3 is 1.71 bits per heavy atom. The number of rotatable bonds is 14. The van der Waals surface area contributed by atoms with E-state index >= 15 is 0 Å². The van der Waals surface area contributed by atoms with Crippen LogP contribution in [0.15, 0.2) is 30.3 Å². The summed E-state index contributed by atoms with van der Waals surface area (Å²) in [4.78, 5) is 11.7. The van der Waals surface area contributed by atoms with Crippen molar-refractivity contribution in [2.45, 2.75) is 84.0 Å². The molecule has 0 saturated carbocycles. The monoisotopic (exact) mass is 335 g/mol. The number of unbranched alkanes of at least 4 members (excludes halogenated alkanes) is 11. The van der Waals surface area contributed by atoms with Crippen LogP contribution in [0, 0.1) is 0 Å². The van der Waals surface area contributed by atoms with Crippen LogP contribution >= 0.6 is 0 Å². The van der Waals surface area contributed by atoms with Crippen molar-refractivity contribution in [1.29, 1.82) is 0 Å². The van der Waals surface area contributed by atoms with Gasteiger partial charge in [-0.2, -0.15) is 0 Å². The Labute approximate surface area is 148 Å². The molecule has 0 aliphatic heterocycles. The molecule has 0 amide bonds. The molecule has 0 aliphatic rings. The van der Waals surface area contributed by atoms with Crippen molar-refractivity contribution >= 4 is 5.97 Å². The zero-order valence-corrected chi connectivity index (χ0v) is 15.6. The first-order chi connectivity index (χ1) is 11.3. The molecule has 1 aromatic carbocycles. The summed E-state index contributed by atoms with van der Waals surface area (Å²) in [6.07, 6.45) is 15.9. The Bertz CT molecular complexity index is 392. The molecule has 0 bridgehead atoms. The Kier molecular flexibility index (Phi) is 15.6. The van der Waals surface area contributed by atoms with E-state index in [1.54, 1.807) is 12.1 Å². The molecule has 0 fully saturated rings. The summed E-state index contributed by atoms with van der Waals surface area (Å²) in [7, 11) is 0. The maximum absolute atomic E-state index is 11.7. The normalized spacial score (nSPS) is 10.2. The third-order valence-corrected chi connectivity index (χ3v) is 4.24. The number of benzene rings is 1. The second-order valence-electron chi connectivity index (χ2n) is 6.39. The quantitative estimate of drug-likeness (QED) is 0.304. The molecule has 0 radical (unpaired) electrons. The van der Waals surface area contributed by atoms with E-state index in [0.717, 1.165) is 6.42 Å². The summed E-state index contributed by atoms with van der Waals surface area (Å²) < 4.78 is 5.28. The minimum Gasteiger partial charge on any atom is -0.462 e. The van der Waals surface area contributed by atoms with Crippen LogP contribution in [0.1, 0.15) is 94.3 Å². The maximum atomic E-state index is 11.7. The molecule has 3 N–H and O–H groups in total. The summed E-state index contributed by atoms with van der Waals surface area (Å²) in [5.41, 5.74) is 0.645. The lowest BCUT2D eigenvalue weighted by atomic mass is 10.1. The van der Waals surface area contributed by atoms with Gasteiger partial charge in [0.15, 0.2) is 0 Å². The summed E-state index contributed by atoms with van der Waals surface area (Å²) in [6.45, 7) is 2.81. The van der Waals surface area contributed by atoms with Gasteiger partial charge in [0.05, 0.1) is 12.2 Å². The van der Waals surface area contributed by atoms with Gasteiger partial charge in [0.1, 0.15) is 0 Å². The fourth-order valence-corrected chi connectivity index (χ4v) is 2.77. The highest BCUT2D eigenvalue weighted by Crippen LogP contribution is 2.12. The number of esters is 1. The lowest BCUT2D eigenvalue weighted by molar-refractivity contribution is 0.0497. The second-order valence-corrected chi connectivity index (χ2v) is 6.39. The molecule has 24 heavy (non-hydrogen) atoms. The third kappa shape index (κ3) is 12.1. The van der Waals surface area contributed by atoms with Crippen molar-refractivity contribution in [3.63, 3.8) is 0 Å². The lowest BCUT2D eigenvalue weighted by Gasteiger charge is -2.05. The van der Waals surface area contributed by atoms with Gasteiger partial charge in [0.2, 0.25) is 0 Å². The van der Waals surface area contributed by atoms with Gasteiger partial charge in [-0.15, -0.1) is 0 Å². The molecule has 0 spiro atoms. The Morgan fingerprint density at radius 2 is 1.21 bits per heavy atom. The van der Waals surface area contributed by atoms with Crippen LogP contribution in [0.4, 0.5) is 0 Å². The fraction of sp³-hybridized carbons (Fsp3) is 0.667. The summed E-state index contributed by atoms with van der Waals surface area (Å²) in [6, 6.07) is 9.22. The lowest BCUT2D eigenvalue weighted by Crippen LogP contribution is -2.06. The molecule has 0 atom stereocenters. The molecule has 1 aromatic rings. The third-order valence-electron chi connectivity index (χ3n) is 4.24. The van der Waals surface area contributed by atoms with E-state index in [9.17, 15) is 4.79 Å². The molecule has 1 rings (SSSR count). The van der Waals surface area contributed by atoms with E-state index in [1.807, 2.05) is 18.2 Å². The average molecular weight is 336 g/mol. The van der Waals surface area contributed by atoms with Crippen LogP contribution in [-0.2, 0) is 4.74 Å². The Hall–Kier alpha value is -1.35. The van der Waals surface area contributed by atoms with Crippen LogP contribution in [0.2, 0.25) is 0 Å². The number of ether oxygens (including phenoxy) is 1. The first-order valence-electron chi connectivity index (χ1n) is 9.56. The van der Waals surface area contributed by atoms with Crippen LogP contribution in [0.25, 0.3) is 0 Å². The van der Waals surface area contributed by atoms with Crippen LogP contribution in [-0.4, -0.2) is 12.6 Å². The van der Waals surface area contributed by atoms with Gasteiger partial charge in [-0.3, -0.25) is 0 Å². The molecular weight excluding hydrogens is 298 g/mol. The number of hydrogen-bond acceptors (Lipinski definition) is 3. The molecule has 138 valence electrons. The summed E-state index contributed by atoms with van der Waals surface area (Å²) >= 11 is 0. The van der Waals surface area contributed by atoms with Gasteiger partial charge < -0.3 is 10.9 Å². The first kappa shape index (κ1) is 22.6. The highest BCUT2D eigenvalue weighted by Gasteiger charge is 2.04. The second kappa shape index (κ2) is 16.5. The van der Waals surface area contributed by atoms with Gasteiger partial charge in [0.25, 0.3) is 0 Å². The largest absolute Gasteiger partial charge is 0.462 e. The molecule has 3 nitrogen and oxygen atoms in total. The summed E-state index contributed by atoms with van der Waals surface area (Å²) in [5.74, 6) is -0.200. The van der Waals surface area contributed by atoms with Gasteiger partial charge in [-0.25, -0.2) is 4.79 Å². The topological polar surface area (TPSA) is 61.3 Å². The van der Waals surface area contributed by atoms with Crippen molar-refractivity contribution in [3.8, 4) is 0 Å². The Balaban J connectivity index is 0.00000529.